The fraction of sp³-hybridized carbons (Fsp3) is 0.467. The second kappa shape index (κ2) is 6.08. The van der Waals surface area contributed by atoms with Crippen LogP contribution in [0.3, 0.4) is 0 Å². The molecule has 0 aromatic heterocycles. The van der Waals surface area contributed by atoms with Crippen molar-refractivity contribution in [2.75, 3.05) is 13.1 Å². The summed E-state index contributed by atoms with van der Waals surface area (Å²) >= 11 is 0. The molecule has 0 spiro atoms. The number of nitrogens with zero attached hydrogens (tertiary/aromatic N) is 1. The summed E-state index contributed by atoms with van der Waals surface area (Å²) in [4.78, 5) is 24.7. The van der Waals surface area contributed by atoms with E-state index in [-0.39, 0.29) is 25.2 Å². The molecular formula is C15H16F3NO3. The molecule has 0 radical (unpaired) electrons. The molecule has 120 valence electrons. The molecule has 1 atom stereocenters. The van der Waals surface area contributed by atoms with Crippen LogP contribution in [-0.4, -0.2) is 46.6 Å². The second-order valence-corrected chi connectivity index (χ2v) is 5.38. The Hall–Kier alpha value is -1.89. The smallest absolute Gasteiger partial charge is 0.379 e. The zero-order chi connectivity index (χ0) is 16.4. The first-order valence-corrected chi connectivity index (χ1v) is 6.88. The number of hydrogen-bond donors (Lipinski definition) is 1. The van der Waals surface area contributed by atoms with Crippen molar-refractivity contribution in [1.29, 1.82) is 0 Å². The Balaban J connectivity index is 1.88. The minimum Gasteiger partial charge on any atom is -0.379 e. The zero-order valence-electron chi connectivity index (χ0n) is 11.8. The van der Waals surface area contributed by atoms with E-state index in [9.17, 15) is 27.9 Å². The van der Waals surface area contributed by atoms with E-state index in [4.69, 9.17) is 0 Å². The Morgan fingerprint density at radius 2 is 1.82 bits per heavy atom. The molecule has 0 bridgehead atoms. The number of carbonyl (C=O) groups is 2. The summed E-state index contributed by atoms with van der Waals surface area (Å²) < 4.78 is 38.0. The third-order valence-electron chi connectivity index (χ3n) is 3.79. The maximum atomic E-state index is 12.7. The molecule has 0 saturated carbocycles. The highest BCUT2D eigenvalue weighted by molar-refractivity contribution is 5.97. The van der Waals surface area contributed by atoms with E-state index in [1.165, 1.54) is 0 Å². The van der Waals surface area contributed by atoms with Crippen LogP contribution in [0.15, 0.2) is 30.3 Å². The maximum Gasteiger partial charge on any atom is 0.419 e. The standard InChI is InChI=1S/C15H16F3NO3/c16-15(17,18)14(22)8-9-19(10-14)13(21)7-6-12(20)11-4-2-1-3-5-11/h1-5,22H,6-10H2. The molecule has 0 aliphatic carbocycles. The summed E-state index contributed by atoms with van der Waals surface area (Å²) in [7, 11) is 0. The van der Waals surface area contributed by atoms with Gasteiger partial charge in [0.15, 0.2) is 11.4 Å². The van der Waals surface area contributed by atoms with Gasteiger partial charge in [0.1, 0.15) is 0 Å². The summed E-state index contributed by atoms with van der Waals surface area (Å²) in [5.41, 5.74) is -2.38. The first kappa shape index (κ1) is 16.5. The third-order valence-corrected chi connectivity index (χ3v) is 3.79. The number of alkyl halides is 3. The van der Waals surface area contributed by atoms with Gasteiger partial charge in [0.05, 0.1) is 6.54 Å². The molecule has 1 unspecified atom stereocenters. The summed E-state index contributed by atoms with van der Waals surface area (Å²) in [5.74, 6) is -0.788. The number of likely N-dealkylation sites (tertiary alicyclic amines) is 1. The maximum absolute atomic E-state index is 12.7. The molecule has 1 amide bonds. The Bertz CT molecular complexity index is 559. The summed E-state index contributed by atoms with van der Waals surface area (Å²) in [6.07, 6.45) is -5.53. The fourth-order valence-electron chi connectivity index (χ4n) is 2.38. The average molecular weight is 315 g/mol. The molecular weight excluding hydrogens is 299 g/mol. The summed E-state index contributed by atoms with van der Waals surface area (Å²) in [6, 6.07) is 8.37. The number of ketones is 1. The molecule has 1 N–H and O–H groups in total. The van der Waals surface area contributed by atoms with E-state index in [2.05, 4.69) is 0 Å². The first-order chi connectivity index (χ1) is 10.2. The van der Waals surface area contributed by atoms with Crippen LogP contribution in [0.4, 0.5) is 13.2 Å². The van der Waals surface area contributed by atoms with Gasteiger partial charge in [0, 0.05) is 31.4 Å². The van der Waals surface area contributed by atoms with Gasteiger partial charge >= 0.3 is 6.18 Å². The second-order valence-electron chi connectivity index (χ2n) is 5.38. The van der Waals surface area contributed by atoms with Crippen molar-refractivity contribution in [3.05, 3.63) is 35.9 Å². The molecule has 2 rings (SSSR count). The highest BCUT2D eigenvalue weighted by Gasteiger charge is 2.57. The van der Waals surface area contributed by atoms with E-state index >= 15 is 0 Å². The van der Waals surface area contributed by atoms with Gasteiger partial charge in [-0.25, -0.2) is 0 Å². The number of rotatable bonds is 4. The number of β-amino-alcohol motifs (C(OH)–C–C–N with tert-alkyl or cyclic N) is 1. The van der Waals surface area contributed by atoms with Gasteiger partial charge in [-0.05, 0) is 0 Å². The number of Topliss-reactive ketones (excluding diaryl/α,β-unsaturated/α-hetero) is 1. The van der Waals surface area contributed by atoms with Gasteiger partial charge in [-0.2, -0.15) is 13.2 Å². The number of benzene rings is 1. The van der Waals surface area contributed by atoms with Gasteiger partial charge in [-0.15, -0.1) is 0 Å². The molecule has 4 nitrogen and oxygen atoms in total. The van der Waals surface area contributed by atoms with Crippen molar-refractivity contribution in [3.63, 3.8) is 0 Å². The largest absolute Gasteiger partial charge is 0.419 e. The number of carbonyl (C=O) groups excluding carboxylic acids is 2. The quantitative estimate of drug-likeness (QED) is 0.867. The van der Waals surface area contributed by atoms with E-state index in [0.717, 1.165) is 4.90 Å². The van der Waals surface area contributed by atoms with Gasteiger partial charge in [0.2, 0.25) is 5.91 Å². The number of halogens is 3. The molecule has 1 aliphatic rings. The molecule has 7 heteroatoms. The zero-order valence-corrected chi connectivity index (χ0v) is 11.8. The Kier molecular flexibility index (Phi) is 4.55. The molecule has 1 fully saturated rings. The summed E-state index contributed by atoms with van der Waals surface area (Å²) in [5, 5.41) is 9.52. The van der Waals surface area contributed by atoms with Gasteiger partial charge in [0.25, 0.3) is 0 Å². The normalized spacial score (nSPS) is 21.9. The van der Waals surface area contributed by atoms with Gasteiger partial charge < -0.3 is 10.0 Å². The highest BCUT2D eigenvalue weighted by atomic mass is 19.4. The Morgan fingerprint density at radius 1 is 1.18 bits per heavy atom. The molecule has 1 heterocycles. The van der Waals surface area contributed by atoms with E-state index in [1.807, 2.05) is 0 Å². The highest BCUT2D eigenvalue weighted by Crippen LogP contribution is 2.37. The third kappa shape index (κ3) is 3.47. The molecule has 1 aliphatic heterocycles. The number of hydrogen-bond acceptors (Lipinski definition) is 3. The predicted molar refractivity (Wildman–Crippen MR) is 72.2 cm³/mol. The van der Waals surface area contributed by atoms with Crippen molar-refractivity contribution in [2.45, 2.75) is 31.0 Å². The van der Waals surface area contributed by atoms with Crippen LogP contribution in [-0.2, 0) is 4.79 Å². The van der Waals surface area contributed by atoms with Crippen LogP contribution in [0.25, 0.3) is 0 Å². The van der Waals surface area contributed by atoms with Crippen molar-refractivity contribution >= 4 is 11.7 Å². The van der Waals surface area contributed by atoms with Crippen molar-refractivity contribution in [3.8, 4) is 0 Å². The number of amides is 1. The van der Waals surface area contributed by atoms with E-state index < -0.39 is 30.7 Å². The monoisotopic (exact) mass is 315 g/mol. The average Bonchev–Trinajstić information content (AvgIpc) is 2.89. The minimum atomic E-state index is -4.76. The predicted octanol–water partition coefficient (Wildman–Crippen LogP) is 2.18. The van der Waals surface area contributed by atoms with Crippen LogP contribution < -0.4 is 0 Å². The van der Waals surface area contributed by atoms with Crippen LogP contribution >= 0.6 is 0 Å². The minimum absolute atomic E-state index is 0.0657. The molecule has 1 saturated heterocycles. The number of aliphatic hydroxyl groups is 1. The lowest BCUT2D eigenvalue weighted by Crippen LogP contribution is -2.48. The Labute approximate surface area is 125 Å². The lowest BCUT2D eigenvalue weighted by molar-refractivity contribution is -0.253. The van der Waals surface area contributed by atoms with Gasteiger partial charge in [-0.3, -0.25) is 9.59 Å². The lowest BCUT2D eigenvalue weighted by Gasteiger charge is -2.25. The van der Waals surface area contributed by atoms with Crippen LogP contribution in [0.2, 0.25) is 0 Å². The van der Waals surface area contributed by atoms with Crippen molar-refractivity contribution in [2.24, 2.45) is 0 Å². The van der Waals surface area contributed by atoms with E-state index in [1.54, 1.807) is 30.3 Å². The topological polar surface area (TPSA) is 57.6 Å². The van der Waals surface area contributed by atoms with Gasteiger partial charge in [-0.1, -0.05) is 30.3 Å². The molecule has 1 aromatic carbocycles. The van der Waals surface area contributed by atoms with Crippen LogP contribution in [0.5, 0.6) is 0 Å². The van der Waals surface area contributed by atoms with Crippen molar-refractivity contribution < 1.29 is 27.9 Å². The van der Waals surface area contributed by atoms with Crippen LogP contribution in [0, 0.1) is 0 Å². The SMILES string of the molecule is O=C(CCC(=O)N1CCC(O)(C(F)(F)F)C1)c1ccccc1. The fourth-order valence-corrected chi connectivity index (χ4v) is 2.38. The molecule has 1 aromatic rings. The first-order valence-electron chi connectivity index (χ1n) is 6.88. The lowest BCUT2D eigenvalue weighted by atomic mass is 10.0. The Morgan fingerprint density at radius 3 is 2.36 bits per heavy atom. The van der Waals surface area contributed by atoms with E-state index in [0.29, 0.717) is 5.56 Å². The molecule has 22 heavy (non-hydrogen) atoms. The van der Waals surface area contributed by atoms with Crippen molar-refractivity contribution in [1.82, 2.24) is 4.90 Å². The summed E-state index contributed by atoms with van der Waals surface area (Å²) in [6.45, 7) is -0.927. The van der Waals surface area contributed by atoms with Crippen LogP contribution in [0.1, 0.15) is 29.6 Å².